The van der Waals surface area contributed by atoms with Crippen molar-refractivity contribution in [2.75, 3.05) is 25.1 Å². The van der Waals surface area contributed by atoms with Crippen LogP contribution in [0.25, 0.3) is 0 Å². The summed E-state index contributed by atoms with van der Waals surface area (Å²) < 4.78 is 5.41. The minimum atomic E-state index is -0.459. The van der Waals surface area contributed by atoms with E-state index in [-0.39, 0.29) is 43.1 Å². The maximum absolute atomic E-state index is 12.7. The number of rotatable bonds is 6. The zero-order valence-corrected chi connectivity index (χ0v) is 15.7. The molecule has 0 fully saturated rings. The summed E-state index contributed by atoms with van der Waals surface area (Å²) in [6, 6.07) is 13.1. The summed E-state index contributed by atoms with van der Waals surface area (Å²) in [5, 5.41) is 11.0. The lowest BCUT2D eigenvalue weighted by molar-refractivity contribution is -0.384. The molecule has 0 unspecified atom stereocenters. The molecule has 1 aliphatic rings. The number of nitrogens with zero attached hydrogens (tertiary/aromatic N) is 3. The largest absolute Gasteiger partial charge is 0.482 e. The molecule has 1 heterocycles. The summed E-state index contributed by atoms with van der Waals surface area (Å²) in [5.74, 6) is 0.268. The van der Waals surface area contributed by atoms with Crippen LogP contribution >= 0.6 is 0 Å². The van der Waals surface area contributed by atoms with Gasteiger partial charge >= 0.3 is 0 Å². The molecule has 1 aliphatic heterocycles. The van der Waals surface area contributed by atoms with Crippen LogP contribution in [-0.2, 0) is 9.59 Å². The van der Waals surface area contributed by atoms with Gasteiger partial charge in [-0.3, -0.25) is 19.7 Å². The number of nitro groups is 1. The molecule has 1 atom stereocenters. The zero-order valence-electron chi connectivity index (χ0n) is 15.7. The molecule has 2 aromatic carbocycles. The standard InChI is InChI=1S/C20H21N3O5/c1-14(15-6-5-7-16(12-15)23(26)27)21(2)19(24)10-11-22-17-8-3-4-9-18(17)28-13-20(22)25/h3-9,12,14H,10-11,13H2,1-2H3/t14-/m1/s1. The van der Waals surface area contributed by atoms with Crippen molar-refractivity contribution < 1.29 is 19.2 Å². The molecule has 0 saturated heterocycles. The summed E-state index contributed by atoms with van der Waals surface area (Å²) in [6.45, 7) is 2.00. The molecule has 0 aromatic heterocycles. The molecule has 0 saturated carbocycles. The van der Waals surface area contributed by atoms with Crippen molar-refractivity contribution in [2.24, 2.45) is 0 Å². The third-order valence-corrected chi connectivity index (χ3v) is 4.90. The first-order valence-corrected chi connectivity index (χ1v) is 8.90. The molecule has 2 aromatic rings. The Labute approximate surface area is 162 Å². The smallest absolute Gasteiger partial charge is 0.269 e. The van der Waals surface area contributed by atoms with Gasteiger partial charge in [0.25, 0.3) is 11.6 Å². The highest BCUT2D eigenvalue weighted by Gasteiger charge is 2.26. The lowest BCUT2D eigenvalue weighted by atomic mass is 10.1. The molecule has 0 N–H and O–H groups in total. The number of fused-ring (bicyclic) bond motifs is 1. The van der Waals surface area contributed by atoms with E-state index < -0.39 is 4.92 Å². The van der Waals surface area contributed by atoms with Gasteiger partial charge in [0.1, 0.15) is 5.75 Å². The third kappa shape index (κ3) is 3.95. The molecule has 28 heavy (non-hydrogen) atoms. The van der Waals surface area contributed by atoms with Crippen LogP contribution < -0.4 is 9.64 Å². The number of hydrogen-bond donors (Lipinski definition) is 0. The van der Waals surface area contributed by atoms with Crippen molar-refractivity contribution >= 4 is 23.2 Å². The van der Waals surface area contributed by atoms with Crippen molar-refractivity contribution in [3.8, 4) is 5.75 Å². The van der Waals surface area contributed by atoms with Gasteiger partial charge < -0.3 is 14.5 Å². The van der Waals surface area contributed by atoms with E-state index in [1.54, 1.807) is 36.2 Å². The Kier molecular flexibility index (Phi) is 5.58. The van der Waals surface area contributed by atoms with E-state index in [0.29, 0.717) is 17.0 Å². The molecule has 8 nitrogen and oxygen atoms in total. The molecule has 146 valence electrons. The van der Waals surface area contributed by atoms with Gasteiger partial charge in [-0.25, -0.2) is 0 Å². The number of amides is 2. The first-order chi connectivity index (χ1) is 13.4. The lowest BCUT2D eigenvalue weighted by Crippen LogP contribution is -2.41. The predicted molar refractivity (Wildman–Crippen MR) is 103 cm³/mol. The van der Waals surface area contributed by atoms with Crippen molar-refractivity contribution in [2.45, 2.75) is 19.4 Å². The molecule has 0 bridgehead atoms. The van der Waals surface area contributed by atoms with Crippen LogP contribution in [0.1, 0.15) is 24.9 Å². The number of benzene rings is 2. The molecular formula is C20H21N3O5. The van der Waals surface area contributed by atoms with Gasteiger partial charge in [-0.1, -0.05) is 24.3 Å². The Bertz CT molecular complexity index is 914. The van der Waals surface area contributed by atoms with Crippen LogP contribution in [0.4, 0.5) is 11.4 Å². The molecule has 3 rings (SSSR count). The van der Waals surface area contributed by atoms with Crippen LogP contribution in [0, 0.1) is 10.1 Å². The number of hydrogen-bond acceptors (Lipinski definition) is 5. The number of nitro benzene ring substituents is 1. The highest BCUT2D eigenvalue weighted by molar-refractivity contribution is 5.98. The zero-order chi connectivity index (χ0) is 20.3. The minimum absolute atomic E-state index is 0.0132. The maximum Gasteiger partial charge on any atom is 0.269 e. The Morgan fingerprint density at radius 1 is 1.29 bits per heavy atom. The van der Waals surface area contributed by atoms with Gasteiger partial charge in [-0.2, -0.15) is 0 Å². The highest BCUT2D eigenvalue weighted by atomic mass is 16.6. The first-order valence-electron chi connectivity index (χ1n) is 8.90. The quantitative estimate of drug-likeness (QED) is 0.565. The number of para-hydroxylation sites is 2. The van der Waals surface area contributed by atoms with Crippen molar-refractivity contribution in [1.29, 1.82) is 0 Å². The van der Waals surface area contributed by atoms with Gasteiger partial charge in [-0.05, 0) is 24.6 Å². The number of non-ortho nitro benzene ring substituents is 1. The fourth-order valence-corrected chi connectivity index (χ4v) is 3.12. The SMILES string of the molecule is C[C@H](c1cccc([N+](=O)[O-])c1)N(C)C(=O)CCN1C(=O)COc2ccccc21. The summed E-state index contributed by atoms with van der Waals surface area (Å²) in [5.41, 5.74) is 1.32. The van der Waals surface area contributed by atoms with Crippen LogP contribution in [-0.4, -0.2) is 41.8 Å². The lowest BCUT2D eigenvalue weighted by Gasteiger charge is -2.30. The summed E-state index contributed by atoms with van der Waals surface area (Å²) in [4.78, 5) is 38.5. The van der Waals surface area contributed by atoms with E-state index in [9.17, 15) is 19.7 Å². The van der Waals surface area contributed by atoms with Gasteiger partial charge in [0.05, 0.1) is 16.7 Å². The third-order valence-electron chi connectivity index (χ3n) is 4.90. The molecule has 8 heteroatoms. The van der Waals surface area contributed by atoms with E-state index in [1.165, 1.54) is 17.0 Å². The molecule has 2 amide bonds. The van der Waals surface area contributed by atoms with Crippen LogP contribution in [0.3, 0.4) is 0 Å². The van der Waals surface area contributed by atoms with Gasteiger partial charge in [-0.15, -0.1) is 0 Å². The van der Waals surface area contributed by atoms with Gasteiger partial charge in [0, 0.05) is 32.1 Å². The van der Waals surface area contributed by atoms with E-state index >= 15 is 0 Å². The predicted octanol–water partition coefficient (Wildman–Crippen LogP) is 2.93. The molecule has 0 aliphatic carbocycles. The minimum Gasteiger partial charge on any atom is -0.482 e. The second kappa shape index (κ2) is 8.08. The monoisotopic (exact) mass is 383 g/mol. The Balaban J connectivity index is 1.67. The van der Waals surface area contributed by atoms with Crippen LogP contribution in [0.5, 0.6) is 5.75 Å². The van der Waals surface area contributed by atoms with E-state index in [0.717, 1.165) is 0 Å². The second-order valence-corrected chi connectivity index (χ2v) is 6.58. The Morgan fingerprint density at radius 3 is 2.79 bits per heavy atom. The van der Waals surface area contributed by atoms with E-state index in [4.69, 9.17) is 4.74 Å². The fraction of sp³-hybridized carbons (Fsp3) is 0.300. The highest BCUT2D eigenvalue weighted by Crippen LogP contribution is 2.31. The average Bonchev–Trinajstić information content (AvgIpc) is 2.71. The maximum atomic E-state index is 12.7. The van der Waals surface area contributed by atoms with Gasteiger partial charge in [0.2, 0.25) is 5.91 Å². The molecule has 0 radical (unpaired) electrons. The van der Waals surface area contributed by atoms with Crippen molar-refractivity contribution in [3.63, 3.8) is 0 Å². The Morgan fingerprint density at radius 2 is 2.04 bits per heavy atom. The average molecular weight is 383 g/mol. The number of ether oxygens (including phenoxy) is 1. The second-order valence-electron chi connectivity index (χ2n) is 6.58. The summed E-state index contributed by atoms with van der Waals surface area (Å²) in [7, 11) is 1.65. The van der Waals surface area contributed by atoms with Crippen LogP contribution in [0.2, 0.25) is 0 Å². The normalized spacial score (nSPS) is 14.1. The molecular weight excluding hydrogens is 362 g/mol. The number of carbonyl (C=O) groups excluding carboxylic acids is 2. The van der Waals surface area contributed by atoms with E-state index in [2.05, 4.69) is 0 Å². The summed E-state index contributed by atoms with van der Waals surface area (Å²) in [6.07, 6.45) is 0.135. The topological polar surface area (TPSA) is 93.0 Å². The fourth-order valence-electron chi connectivity index (χ4n) is 3.12. The van der Waals surface area contributed by atoms with Gasteiger partial charge in [0.15, 0.2) is 6.61 Å². The van der Waals surface area contributed by atoms with Crippen molar-refractivity contribution in [3.05, 3.63) is 64.2 Å². The van der Waals surface area contributed by atoms with Crippen molar-refractivity contribution in [1.82, 2.24) is 4.90 Å². The summed E-state index contributed by atoms with van der Waals surface area (Å²) >= 11 is 0. The van der Waals surface area contributed by atoms with Crippen LogP contribution in [0.15, 0.2) is 48.5 Å². The van der Waals surface area contributed by atoms with E-state index in [1.807, 2.05) is 19.1 Å². The Hall–Kier alpha value is -3.42. The number of carbonyl (C=O) groups is 2. The molecule has 0 spiro atoms. The first kappa shape index (κ1) is 19.3. The number of anilines is 1.